The molecule has 0 heterocycles. The van der Waals surface area contributed by atoms with Crippen molar-refractivity contribution in [3.8, 4) is 0 Å². The first kappa shape index (κ1) is 30.6. The fourth-order valence-corrected chi connectivity index (χ4v) is 5.30. The summed E-state index contributed by atoms with van der Waals surface area (Å²) in [6.45, 7) is 6.20. The van der Waals surface area contributed by atoms with Crippen LogP contribution in [0.15, 0.2) is 78.9 Å². The molecule has 0 unspecified atom stereocenters. The van der Waals surface area contributed by atoms with E-state index in [1.807, 2.05) is 75.4 Å². The molecule has 3 aromatic carbocycles. The highest BCUT2D eigenvalue weighted by molar-refractivity contribution is 14.1. The van der Waals surface area contributed by atoms with Crippen molar-refractivity contribution < 1.29 is 18.0 Å². The molecule has 39 heavy (non-hydrogen) atoms. The van der Waals surface area contributed by atoms with Gasteiger partial charge in [0.25, 0.3) is 0 Å². The second-order valence-corrected chi connectivity index (χ2v) is 13.3. The van der Waals surface area contributed by atoms with Gasteiger partial charge in [-0.1, -0.05) is 74.0 Å². The first-order valence-corrected chi connectivity index (χ1v) is 15.8. The molecule has 9 heteroatoms. The zero-order valence-corrected chi connectivity index (χ0v) is 25.8. The van der Waals surface area contributed by atoms with E-state index in [4.69, 9.17) is 0 Å². The second kappa shape index (κ2) is 13.9. The first-order chi connectivity index (χ1) is 18.4. The summed E-state index contributed by atoms with van der Waals surface area (Å²) in [6, 6.07) is 23.4. The number of sulfonamides is 1. The Labute approximate surface area is 245 Å². The van der Waals surface area contributed by atoms with Crippen LogP contribution in [0.1, 0.15) is 30.5 Å². The molecule has 0 aliphatic rings. The number of carbonyl (C=O) groups is 2. The normalized spacial score (nSPS) is 12.2. The lowest BCUT2D eigenvalue weighted by Gasteiger charge is -2.33. The molecule has 2 amide bonds. The number of rotatable bonds is 12. The van der Waals surface area contributed by atoms with Crippen LogP contribution in [0.25, 0.3) is 0 Å². The first-order valence-electron chi connectivity index (χ1n) is 12.8. The molecule has 0 spiro atoms. The molecule has 0 radical (unpaired) electrons. The molecule has 0 bridgehead atoms. The van der Waals surface area contributed by atoms with Crippen LogP contribution in [0.2, 0.25) is 0 Å². The van der Waals surface area contributed by atoms with E-state index in [0.717, 1.165) is 30.8 Å². The van der Waals surface area contributed by atoms with Crippen molar-refractivity contribution in [2.75, 3.05) is 23.7 Å². The molecule has 3 aromatic rings. The number of nitrogens with zero attached hydrogens (tertiary/aromatic N) is 2. The Bertz CT molecular complexity index is 1350. The lowest BCUT2D eigenvalue weighted by molar-refractivity contribution is -0.140. The molecule has 0 saturated carbocycles. The Morgan fingerprint density at radius 3 is 2.08 bits per heavy atom. The number of hydrogen-bond donors (Lipinski definition) is 1. The predicted octanol–water partition coefficient (Wildman–Crippen LogP) is 4.78. The van der Waals surface area contributed by atoms with Gasteiger partial charge >= 0.3 is 0 Å². The number of anilines is 1. The summed E-state index contributed by atoms with van der Waals surface area (Å²) in [7, 11) is -3.78. The van der Waals surface area contributed by atoms with E-state index in [1.165, 1.54) is 4.90 Å². The molecule has 3 rings (SSSR count). The third kappa shape index (κ3) is 9.35. The molecular formula is C30H36IN3O4S. The summed E-state index contributed by atoms with van der Waals surface area (Å²) >= 11 is 2.14. The van der Waals surface area contributed by atoms with Gasteiger partial charge in [-0.25, -0.2) is 8.42 Å². The number of benzene rings is 3. The summed E-state index contributed by atoms with van der Waals surface area (Å²) in [5.74, 6) is -0.498. The Balaban J connectivity index is 2.03. The largest absolute Gasteiger partial charge is 0.354 e. The number of nitrogens with one attached hydrogen (secondary N) is 1. The standard InChI is InChI=1S/C30H36IN3O4S/c1-22(2)19-32-30(36)28(18-24-8-6-5-7-9-24)33(20-25-12-10-23(3)11-13-25)29(35)21-34(39(4,37)38)27-16-14-26(31)15-17-27/h5-17,22,28H,18-21H2,1-4H3,(H,32,36)/t28-/m0/s1. The highest BCUT2D eigenvalue weighted by atomic mass is 127. The maximum Gasteiger partial charge on any atom is 0.244 e. The van der Waals surface area contributed by atoms with Crippen molar-refractivity contribution in [2.45, 2.75) is 39.8 Å². The number of halogens is 1. The Morgan fingerprint density at radius 1 is 0.897 bits per heavy atom. The molecule has 1 atom stereocenters. The summed E-state index contributed by atoms with van der Waals surface area (Å²) in [6.07, 6.45) is 1.38. The summed E-state index contributed by atoms with van der Waals surface area (Å²) in [5, 5.41) is 2.99. The maximum atomic E-state index is 14.0. The smallest absolute Gasteiger partial charge is 0.244 e. The van der Waals surface area contributed by atoms with E-state index in [9.17, 15) is 18.0 Å². The van der Waals surface area contributed by atoms with E-state index in [2.05, 4.69) is 27.9 Å². The zero-order chi connectivity index (χ0) is 28.6. The summed E-state index contributed by atoms with van der Waals surface area (Å²) in [5.41, 5.74) is 3.23. The quantitative estimate of drug-likeness (QED) is 0.284. The number of amides is 2. The lowest BCUT2D eigenvalue weighted by atomic mass is 10.0. The van der Waals surface area contributed by atoms with E-state index >= 15 is 0 Å². The average Bonchev–Trinajstić information content (AvgIpc) is 2.89. The summed E-state index contributed by atoms with van der Waals surface area (Å²) in [4.78, 5) is 29.1. The zero-order valence-electron chi connectivity index (χ0n) is 22.8. The van der Waals surface area contributed by atoms with Gasteiger partial charge in [-0.2, -0.15) is 0 Å². The molecule has 7 nitrogen and oxygen atoms in total. The van der Waals surface area contributed by atoms with Crippen molar-refractivity contribution in [3.05, 3.63) is 99.1 Å². The maximum absolute atomic E-state index is 14.0. The number of hydrogen-bond acceptors (Lipinski definition) is 4. The molecule has 0 fully saturated rings. The fourth-order valence-electron chi connectivity index (χ4n) is 4.09. The van der Waals surface area contributed by atoms with Gasteiger partial charge in [0, 0.05) is 23.1 Å². The van der Waals surface area contributed by atoms with Crippen molar-refractivity contribution >= 4 is 50.1 Å². The van der Waals surface area contributed by atoms with E-state index in [1.54, 1.807) is 24.3 Å². The monoisotopic (exact) mass is 661 g/mol. The molecule has 0 aliphatic carbocycles. The van der Waals surface area contributed by atoms with Crippen LogP contribution < -0.4 is 9.62 Å². The van der Waals surface area contributed by atoms with Crippen LogP contribution in [0.5, 0.6) is 0 Å². The summed E-state index contributed by atoms with van der Waals surface area (Å²) < 4.78 is 27.7. The third-order valence-electron chi connectivity index (χ3n) is 6.22. The van der Waals surface area contributed by atoms with Crippen molar-refractivity contribution in [2.24, 2.45) is 5.92 Å². The fraction of sp³-hybridized carbons (Fsp3) is 0.333. The lowest BCUT2D eigenvalue weighted by Crippen LogP contribution is -2.53. The second-order valence-electron chi connectivity index (χ2n) is 10.1. The van der Waals surface area contributed by atoms with Crippen LogP contribution in [0.3, 0.4) is 0 Å². The number of aryl methyl sites for hydroxylation is 1. The van der Waals surface area contributed by atoms with Gasteiger partial charge < -0.3 is 10.2 Å². The molecule has 0 aliphatic heterocycles. The molecule has 1 N–H and O–H groups in total. The third-order valence-corrected chi connectivity index (χ3v) is 8.08. The SMILES string of the molecule is Cc1ccc(CN(C(=O)CN(c2ccc(I)cc2)S(C)(=O)=O)[C@@H](Cc2ccccc2)C(=O)NCC(C)C)cc1. The highest BCUT2D eigenvalue weighted by Gasteiger charge is 2.33. The molecule has 0 saturated heterocycles. The Kier molecular flexibility index (Phi) is 10.9. The highest BCUT2D eigenvalue weighted by Crippen LogP contribution is 2.21. The van der Waals surface area contributed by atoms with Crippen LogP contribution >= 0.6 is 22.6 Å². The minimum absolute atomic E-state index is 0.163. The minimum atomic E-state index is -3.78. The average molecular weight is 662 g/mol. The van der Waals surface area contributed by atoms with E-state index in [-0.39, 0.29) is 18.4 Å². The molecular weight excluding hydrogens is 625 g/mol. The van der Waals surface area contributed by atoms with Crippen molar-refractivity contribution in [1.29, 1.82) is 0 Å². The van der Waals surface area contributed by atoms with Gasteiger partial charge in [0.2, 0.25) is 21.8 Å². The number of carbonyl (C=O) groups excluding carboxylic acids is 2. The molecule has 0 aromatic heterocycles. The topological polar surface area (TPSA) is 86.8 Å². The van der Waals surface area contributed by atoms with Crippen molar-refractivity contribution in [1.82, 2.24) is 10.2 Å². The van der Waals surface area contributed by atoms with E-state index < -0.39 is 28.5 Å². The van der Waals surface area contributed by atoms with Gasteiger partial charge in [-0.15, -0.1) is 0 Å². The Hall–Kier alpha value is -2.92. The van der Waals surface area contributed by atoms with Crippen LogP contribution in [0.4, 0.5) is 5.69 Å². The van der Waals surface area contributed by atoms with Crippen LogP contribution in [-0.4, -0.2) is 50.5 Å². The van der Waals surface area contributed by atoms with E-state index in [0.29, 0.717) is 18.7 Å². The Morgan fingerprint density at radius 2 is 1.51 bits per heavy atom. The van der Waals surface area contributed by atoms with Gasteiger partial charge in [0.15, 0.2) is 0 Å². The van der Waals surface area contributed by atoms with Crippen LogP contribution in [0, 0.1) is 16.4 Å². The van der Waals surface area contributed by atoms with Gasteiger partial charge in [-0.05, 0) is 70.8 Å². The predicted molar refractivity (Wildman–Crippen MR) is 165 cm³/mol. The van der Waals surface area contributed by atoms with Gasteiger partial charge in [0.05, 0.1) is 11.9 Å². The van der Waals surface area contributed by atoms with Gasteiger partial charge in [-0.3, -0.25) is 13.9 Å². The molecule has 208 valence electrons. The van der Waals surface area contributed by atoms with Crippen molar-refractivity contribution in [3.63, 3.8) is 0 Å². The van der Waals surface area contributed by atoms with Gasteiger partial charge in [0.1, 0.15) is 12.6 Å². The minimum Gasteiger partial charge on any atom is -0.354 e. The van der Waals surface area contributed by atoms with Crippen LogP contribution in [-0.2, 0) is 32.6 Å².